The zero-order valence-corrected chi connectivity index (χ0v) is 31.4. The molecule has 56 heavy (non-hydrogen) atoms. The zero-order valence-electron chi connectivity index (χ0n) is 31.4. The van der Waals surface area contributed by atoms with E-state index in [1.165, 1.54) is 6.08 Å². The molecule has 12 nitrogen and oxygen atoms in total. The van der Waals surface area contributed by atoms with Crippen LogP contribution in [0.1, 0.15) is 49.7 Å². The minimum Gasteiger partial charge on any atom is -0.461 e. The highest BCUT2D eigenvalue weighted by molar-refractivity contribution is 6.00. The first kappa shape index (κ1) is 40.9. The lowest BCUT2D eigenvalue weighted by Gasteiger charge is -2.23. The average molecular weight is 761 g/mol. The van der Waals surface area contributed by atoms with Crippen molar-refractivity contribution in [2.75, 3.05) is 25.1 Å². The van der Waals surface area contributed by atoms with Crippen molar-refractivity contribution in [2.45, 2.75) is 56.7 Å². The van der Waals surface area contributed by atoms with E-state index in [1.807, 2.05) is 78.9 Å². The predicted molar refractivity (Wildman–Crippen MR) is 215 cm³/mol. The fourth-order valence-electron chi connectivity index (χ4n) is 6.64. The maximum Gasteiger partial charge on any atom is 0.407 e. The minimum absolute atomic E-state index is 0.0367. The van der Waals surface area contributed by atoms with Gasteiger partial charge in [-0.15, -0.1) is 13.2 Å². The number of aliphatic hydroxyl groups is 1. The molecule has 5 rings (SSSR count). The molecule has 0 saturated heterocycles. The van der Waals surface area contributed by atoms with E-state index in [1.54, 1.807) is 25.1 Å². The number of nitrogens with one attached hydrogen (secondary N) is 4. The molecule has 4 aromatic rings. The van der Waals surface area contributed by atoms with Crippen LogP contribution in [0.5, 0.6) is 0 Å². The zero-order chi connectivity index (χ0) is 40.0. The molecule has 5 N–H and O–H groups in total. The van der Waals surface area contributed by atoms with Gasteiger partial charge in [-0.3, -0.25) is 14.4 Å². The number of rotatable bonds is 19. The van der Waals surface area contributed by atoms with Gasteiger partial charge in [0.25, 0.3) is 5.91 Å². The van der Waals surface area contributed by atoms with E-state index in [-0.39, 0.29) is 38.4 Å². The average Bonchev–Trinajstić information content (AvgIpc) is 3.52. The molecule has 4 atom stereocenters. The molecule has 292 valence electrons. The van der Waals surface area contributed by atoms with Gasteiger partial charge in [0.2, 0.25) is 11.8 Å². The van der Waals surface area contributed by atoms with Crippen LogP contribution in [0.15, 0.2) is 116 Å². The molecule has 0 aromatic heterocycles. The third kappa shape index (κ3) is 10.7. The smallest absolute Gasteiger partial charge is 0.407 e. The lowest BCUT2D eigenvalue weighted by molar-refractivity contribution is -0.148. The van der Waals surface area contributed by atoms with E-state index in [0.29, 0.717) is 12.1 Å². The molecule has 0 unspecified atom stereocenters. The summed E-state index contributed by atoms with van der Waals surface area (Å²) in [5.41, 5.74) is 4.67. The summed E-state index contributed by atoms with van der Waals surface area (Å²) in [5, 5.41) is 21.8. The number of alkyl carbamates (subject to hydrolysis) is 1. The molecule has 0 heterocycles. The molecule has 0 fully saturated rings. The van der Waals surface area contributed by atoms with Crippen molar-refractivity contribution in [1.82, 2.24) is 16.0 Å². The third-order valence-electron chi connectivity index (χ3n) is 9.56. The summed E-state index contributed by atoms with van der Waals surface area (Å²) in [6.07, 6.45) is 2.61. The Kier molecular flexibility index (Phi) is 14.5. The first-order valence-electron chi connectivity index (χ1n) is 18.6. The van der Waals surface area contributed by atoms with Crippen LogP contribution < -0.4 is 21.3 Å². The summed E-state index contributed by atoms with van der Waals surface area (Å²) < 4.78 is 11.3. The highest BCUT2D eigenvalue weighted by atomic mass is 16.6. The number of ether oxygens (including phenoxy) is 2. The molecule has 0 aliphatic heterocycles. The first-order chi connectivity index (χ1) is 27.1. The van der Waals surface area contributed by atoms with Crippen LogP contribution in [0.2, 0.25) is 0 Å². The fourth-order valence-corrected chi connectivity index (χ4v) is 6.64. The van der Waals surface area contributed by atoms with E-state index >= 15 is 0 Å². The molecule has 0 spiro atoms. The van der Waals surface area contributed by atoms with Crippen molar-refractivity contribution in [3.8, 4) is 11.1 Å². The number of aliphatic hydroxyl groups excluding tert-OH is 1. The van der Waals surface area contributed by atoms with Crippen LogP contribution >= 0.6 is 0 Å². The number of fused-ring (bicyclic) bond motifs is 4. The lowest BCUT2D eigenvalue weighted by Crippen LogP contribution is -2.51. The van der Waals surface area contributed by atoms with Crippen molar-refractivity contribution >= 4 is 46.2 Å². The maximum absolute atomic E-state index is 13.7. The molecule has 1 aliphatic carbocycles. The summed E-state index contributed by atoms with van der Waals surface area (Å²) >= 11 is 0. The van der Waals surface area contributed by atoms with Gasteiger partial charge in [-0.25, -0.2) is 9.59 Å². The molecule has 4 aromatic carbocycles. The van der Waals surface area contributed by atoms with Crippen LogP contribution in [0.3, 0.4) is 0 Å². The van der Waals surface area contributed by atoms with Gasteiger partial charge in [0.05, 0.1) is 12.5 Å². The summed E-state index contributed by atoms with van der Waals surface area (Å²) in [6.45, 7) is 8.20. The Morgan fingerprint density at radius 1 is 0.768 bits per heavy atom. The minimum atomic E-state index is -1.39. The molecule has 4 amide bonds. The fraction of sp³-hybridized carbons (Fsp3) is 0.295. The number of carbonyl (C=O) groups excluding carboxylic acids is 5. The Hall–Kier alpha value is -6.27. The van der Waals surface area contributed by atoms with E-state index in [9.17, 15) is 29.1 Å². The molecule has 0 saturated carbocycles. The number of esters is 1. The number of hydrogen-bond acceptors (Lipinski definition) is 8. The predicted octanol–water partition coefficient (Wildman–Crippen LogP) is 5.76. The highest BCUT2D eigenvalue weighted by Gasteiger charge is 2.32. The summed E-state index contributed by atoms with van der Waals surface area (Å²) in [4.78, 5) is 66.6. The lowest BCUT2D eigenvalue weighted by atomic mass is 9.98. The van der Waals surface area contributed by atoms with Gasteiger partial charge in [-0.05, 0) is 71.3 Å². The highest BCUT2D eigenvalue weighted by Crippen LogP contribution is 2.44. The van der Waals surface area contributed by atoms with Gasteiger partial charge >= 0.3 is 12.1 Å². The Bertz CT molecular complexity index is 2020. The number of carbonyl (C=O) groups is 5. The Morgan fingerprint density at radius 3 is 2.09 bits per heavy atom. The quantitative estimate of drug-likeness (QED) is 0.0593. The molecule has 0 radical (unpaired) electrons. The Balaban J connectivity index is 1.27. The maximum atomic E-state index is 13.7. The van der Waals surface area contributed by atoms with Gasteiger partial charge in [0, 0.05) is 24.1 Å². The Labute approximate surface area is 326 Å². The van der Waals surface area contributed by atoms with Crippen molar-refractivity contribution in [1.29, 1.82) is 0 Å². The molecular formula is C44H48N4O8. The van der Waals surface area contributed by atoms with Crippen molar-refractivity contribution < 1.29 is 38.6 Å². The topological polar surface area (TPSA) is 172 Å². The molecular weight excluding hydrogens is 713 g/mol. The Morgan fingerprint density at radius 2 is 1.43 bits per heavy atom. The summed E-state index contributed by atoms with van der Waals surface area (Å²) in [7, 11) is 0. The number of benzene rings is 4. The van der Waals surface area contributed by atoms with Crippen LogP contribution in [0.4, 0.5) is 10.5 Å². The summed E-state index contributed by atoms with van der Waals surface area (Å²) in [6, 6.07) is 25.7. The van der Waals surface area contributed by atoms with Crippen LogP contribution in [0.25, 0.3) is 21.9 Å². The monoisotopic (exact) mass is 760 g/mol. The number of allylic oxidation sites excluding steroid dienone is 2. The number of amides is 4. The molecule has 12 heteroatoms. The first-order valence-corrected chi connectivity index (χ1v) is 18.6. The van der Waals surface area contributed by atoms with Crippen LogP contribution in [-0.4, -0.2) is 72.8 Å². The van der Waals surface area contributed by atoms with E-state index < -0.39 is 60.4 Å². The van der Waals surface area contributed by atoms with Crippen LogP contribution in [-0.2, 0) is 28.7 Å². The molecule has 0 bridgehead atoms. The van der Waals surface area contributed by atoms with Gasteiger partial charge < -0.3 is 35.8 Å². The van der Waals surface area contributed by atoms with Crippen LogP contribution in [0, 0.1) is 5.92 Å². The van der Waals surface area contributed by atoms with Gasteiger partial charge in [-0.1, -0.05) is 91.0 Å². The third-order valence-corrected chi connectivity index (χ3v) is 9.56. The number of hydrogen-bond donors (Lipinski definition) is 5. The van der Waals surface area contributed by atoms with E-state index in [0.717, 1.165) is 33.0 Å². The SMILES string of the molecule is C=CCC[C@H](NC(=O)OCC1c2ccccc2-c2ccccc21)C(=O)OC[C@H](NC(=O)[C@H](CC=C)CC(=O)N[C@@H](C)CO)C(=O)Nc1ccc2ccccc2c1. The van der Waals surface area contributed by atoms with E-state index in [4.69, 9.17) is 9.47 Å². The number of anilines is 1. The van der Waals surface area contributed by atoms with Gasteiger partial charge in [0.1, 0.15) is 25.3 Å². The largest absolute Gasteiger partial charge is 0.461 e. The van der Waals surface area contributed by atoms with Crippen molar-refractivity contribution in [2.24, 2.45) is 5.92 Å². The van der Waals surface area contributed by atoms with Crippen molar-refractivity contribution in [3.63, 3.8) is 0 Å². The van der Waals surface area contributed by atoms with E-state index in [2.05, 4.69) is 34.4 Å². The second-order valence-corrected chi connectivity index (χ2v) is 13.7. The second-order valence-electron chi connectivity index (χ2n) is 13.7. The van der Waals surface area contributed by atoms with Gasteiger partial charge in [0.15, 0.2) is 0 Å². The molecule has 1 aliphatic rings. The second kappa shape index (κ2) is 19.9. The standard InChI is InChI=1S/C44H48N4O8/c1-4-6-20-38(48-44(54)56-26-37-35-18-11-9-16-33(35)34-17-10-12-19-36(34)37)43(53)55-27-39(42(52)46-32-22-21-29-14-7-8-15-30(29)23-32)47-41(51)31(13-5-2)24-40(50)45-28(3)25-49/h4-5,7-12,14-19,21-23,28,31,37-39,49H,1-2,6,13,20,24-27H2,3H3,(H,45,50)(H,46,52)(H,47,51)(H,48,54)/t28-,31+,38-,39-/m0/s1. The van der Waals surface area contributed by atoms with Gasteiger partial charge in [-0.2, -0.15) is 0 Å². The van der Waals surface area contributed by atoms with Crippen molar-refractivity contribution in [3.05, 3.63) is 127 Å². The summed E-state index contributed by atoms with van der Waals surface area (Å²) in [5.74, 6) is -3.75. The normalized spacial score (nSPS) is 13.8.